The van der Waals surface area contributed by atoms with E-state index in [1.165, 1.54) is 81.6 Å². The minimum absolute atomic E-state index is 0.516. The first-order chi connectivity index (χ1) is 72.4. The standard InChI is InChI=1S/C44H28N6.C43H27N7.C43H29N3/c1-4-14-29(15-5-1)42-46-43(30-16-6-2-7-17-30)48-44(47-42)31-24-25-41(45-28-31)50-38-23-13-11-21-34(38)36-26-35-33-20-10-12-22-37(33)49(39(35)27-40(36)50)32-18-8-3-9-19-32;1-4-14-28(15-5-1)40-46-41(29-16-6-2-7-17-29)48-42(47-40)30-26-44-43(45-27-30)50-35-23-13-11-21-33(35)39-37(50)25-24-36-38(39)32-20-10-12-22-34(32)49(36)31-18-8-3-9-19-31;1-4-14-31(15-5-1)38-28-33(29-39(44-38)32-16-6-2-7-17-32)30-24-26-35(27-25-30)46-41-23-13-11-21-37(41)42-43(46)36-20-10-12-22-40(36)45(42)34-18-8-3-9-19-34/h1-28H;1-27H;1-29H. The van der Waals surface area contributed by atoms with Gasteiger partial charge in [0.25, 0.3) is 0 Å². The van der Waals surface area contributed by atoms with E-state index >= 15 is 0 Å². The van der Waals surface area contributed by atoms with Crippen LogP contribution in [0.15, 0.2) is 510 Å². The topological polar surface area (TPSA) is 158 Å². The first kappa shape index (κ1) is 85.1. The maximum absolute atomic E-state index is 5.08. The molecule has 0 atom stereocenters. The molecule has 11 aromatic heterocycles. The number of rotatable bonds is 15. The smallest absolute Gasteiger partial charge is 0.234 e. The second-order valence-electron chi connectivity index (χ2n) is 36.2. The normalized spacial score (nSPS) is 11.6. The van der Waals surface area contributed by atoms with Gasteiger partial charge < -0.3 is 18.3 Å². The molecule has 0 N–H and O–H groups in total. The molecule has 16 heteroatoms. The Morgan fingerprint density at radius 1 is 0.144 bits per heavy atom. The monoisotopic (exact) mass is 1870 g/mol. The van der Waals surface area contributed by atoms with Crippen LogP contribution in [0.25, 0.3) is 257 Å². The van der Waals surface area contributed by atoms with Gasteiger partial charge in [-0.15, -0.1) is 0 Å². The molecule has 0 bridgehead atoms. The zero-order valence-electron chi connectivity index (χ0n) is 78.7. The number of hydrogen-bond acceptors (Lipinski definition) is 10. The lowest BCUT2D eigenvalue weighted by Crippen LogP contribution is -2.03. The third kappa shape index (κ3) is 15.0. The van der Waals surface area contributed by atoms with Crippen molar-refractivity contribution < 1.29 is 0 Å². The van der Waals surface area contributed by atoms with Gasteiger partial charge in [0.15, 0.2) is 34.9 Å². The molecule has 0 aliphatic rings. The molecule has 0 spiro atoms. The van der Waals surface area contributed by atoms with Gasteiger partial charge in [0, 0.05) is 134 Å². The Bertz CT molecular complexity index is 9820. The van der Waals surface area contributed by atoms with Gasteiger partial charge in [0.05, 0.1) is 83.2 Å². The minimum Gasteiger partial charge on any atom is -0.309 e. The fourth-order valence-corrected chi connectivity index (χ4v) is 21.0. The molecular weight excluding hydrogens is 1790 g/mol. The largest absolute Gasteiger partial charge is 0.309 e. The van der Waals surface area contributed by atoms with E-state index in [9.17, 15) is 0 Å². The maximum Gasteiger partial charge on any atom is 0.234 e. The predicted molar refractivity (Wildman–Crippen MR) is 595 cm³/mol. The molecule has 29 rings (SSSR count). The zero-order valence-corrected chi connectivity index (χ0v) is 78.7. The second-order valence-corrected chi connectivity index (χ2v) is 36.2. The van der Waals surface area contributed by atoms with Crippen LogP contribution < -0.4 is 0 Å². The Kier molecular flexibility index (Phi) is 21.1. The molecule has 684 valence electrons. The highest BCUT2D eigenvalue weighted by molar-refractivity contribution is 6.29. The van der Waals surface area contributed by atoms with Crippen LogP contribution in [0.3, 0.4) is 0 Å². The summed E-state index contributed by atoms with van der Waals surface area (Å²) in [5.74, 6) is 4.93. The van der Waals surface area contributed by atoms with Crippen LogP contribution in [-0.2, 0) is 0 Å². The summed E-state index contributed by atoms with van der Waals surface area (Å²) in [6.07, 6.45) is 5.48. The van der Waals surface area contributed by atoms with Gasteiger partial charge in [-0.3, -0.25) is 9.13 Å². The number of nitrogens with zero attached hydrogens (tertiary/aromatic N) is 16. The summed E-state index contributed by atoms with van der Waals surface area (Å²) < 4.78 is 14.0. The van der Waals surface area contributed by atoms with E-state index in [1.807, 2.05) is 152 Å². The number of pyridine rings is 2. The van der Waals surface area contributed by atoms with Crippen molar-refractivity contribution in [2.75, 3.05) is 0 Å². The zero-order chi connectivity index (χ0) is 96.5. The van der Waals surface area contributed by atoms with E-state index in [0.717, 1.165) is 129 Å². The summed E-state index contributed by atoms with van der Waals surface area (Å²) in [6.45, 7) is 0. The molecule has 16 nitrogen and oxygen atoms in total. The number of aromatic nitrogens is 16. The molecule has 0 aliphatic carbocycles. The Balaban J connectivity index is 0.000000109. The van der Waals surface area contributed by atoms with Crippen molar-refractivity contribution in [1.29, 1.82) is 0 Å². The molecule has 146 heavy (non-hydrogen) atoms. The number of hydrogen-bond donors (Lipinski definition) is 0. The molecule has 0 aliphatic heterocycles. The number of benzene rings is 18. The van der Waals surface area contributed by atoms with E-state index in [1.54, 1.807) is 0 Å². The summed E-state index contributed by atoms with van der Waals surface area (Å²) in [6, 6.07) is 171. The van der Waals surface area contributed by atoms with Crippen molar-refractivity contribution in [2.45, 2.75) is 0 Å². The van der Waals surface area contributed by atoms with Gasteiger partial charge in [0.1, 0.15) is 5.82 Å². The Morgan fingerprint density at radius 3 is 0.836 bits per heavy atom. The summed E-state index contributed by atoms with van der Waals surface area (Å²) in [4.78, 5) is 49.3. The first-order valence-corrected chi connectivity index (χ1v) is 48.8. The third-order valence-corrected chi connectivity index (χ3v) is 27.6. The quantitative estimate of drug-likeness (QED) is 0.0967. The molecular formula is C130H84N16. The highest BCUT2D eigenvalue weighted by atomic mass is 15.2. The minimum atomic E-state index is 0.516. The molecule has 0 radical (unpaired) electrons. The average molecular weight is 1870 g/mol. The summed E-state index contributed by atoms with van der Waals surface area (Å²) in [5, 5.41) is 12.0. The Labute approximate surface area is 838 Å². The van der Waals surface area contributed by atoms with E-state index in [-0.39, 0.29) is 0 Å². The lowest BCUT2D eigenvalue weighted by atomic mass is 10.00. The third-order valence-electron chi connectivity index (χ3n) is 27.6. The van der Waals surface area contributed by atoms with E-state index in [2.05, 4.69) is 385 Å². The maximum atomic E-state index is 5.08. The van der Waals surface area contributed by atoms with Crippen molar-refractivity contribution in [3.05, 3.63) is 510 Å². The van der Waals surface area contributed by atoms with Gasteiger partial charge in [0.2, 0.25) is 5.95 Å². The lowest BCUT2D eigenvalue weighted by Gasteiger charge is -2.12. The fourth-order valence-electron chi connectivity index (χ4n) is 21.0. The van der Waals surface area contributed by atoms with Crippen molar-refractivity contribution in [1.82, 2.24) is 77.2 Å². The highest BCUT2D eigenvalue weighted by Gasteiger charge is 2.28. The van der Waals surface area contributed by atoms with Crippen molar-refractivity contribution in [2.24, 2.45) is 0 Å². The molecule has 18 aromatic carbocycles. The van der Waals surface area contributed by atoms with Gasteiger partial charge in [-0.2, -0.15) is 0 Å². The van der Waals surface area contributed by atoms with Crippen LogP contribution in [-0.4, -0.2) is 77.2 Å². The molecule has 0 saturated carbocycles. The molecule has 11 heterocycles. The van der Waals surface area contributed by atoms with Crippen LogP contribution in [0, 0.1) is 0 Å². The second kappa shape index (κ2) is 36.3. The Hall–Kier alpha value is -20.1. The molecule has 0 saturated heterocycles. The Morgan fingerprint density at radius 2 is 0.432 bits per heavy atom. The van der Waals surface area contributed by atoms with Gasteiger partial charge >= 0.3 is 0 Å². The van der Waals surface area contributed by atoms with Crippen molar-refractivity contribution in [3.63, 3.8) is 0 Å². The SMILES string of the molecule is c1ccc(-c2cc(-c3ccc(-n4c5ccccc5c5c4c4ccccc4n5-c4ccccc4)cc3)cc(-c3ccccc3)n2)cc1.c1ccc(-c2nc(-c3ccccc3)nc(-c3ccc(-n4c5ccccc5c5cc6c7ccccc7n(-c7ccccc7)c6cc54)nc3)n2)cc1.c1ccc(-c2nc(-c3ccccc3)nc(-c3cnc(-n4c5ccccc5c5c6c7ccccc7n(-c7ccccc7)c6ccc54)nc3)n2)cc1. The van der Waals surface area contributed by atoms with Gasteiger partial charge in [-0.25, -0.2) is 49.8 Å². The molecule has 0 amide bonds. The number of fused-ring (bicyclic) bond motifs is 18. The van der Waals surface area contributed by atoms with E-state index < -0.39 is 0 Å². The van der Waals surface area contributed by atoms with Crippen molar-refractivity contribution in [3.8, 4) is 136 Å². The molecule has 29 aromatic rings. The summed E-state index contributed by atoms with van der Waals surface area (Å²) in [5.41, 5.74) is 30.0. The van der Waals surface area contributed by atoms with Crippen LogP contribution in [0.5, 0.6) is 0 Å². The summed E-state index contributed by atoms with van der Waals surface area (Å²) in [7, 11) is 0. The van der Waals surface area contributed by atoms with Crippen LogP contribution >= 0.6 is 0 Å². The van der Waals surface area contributed by atoms with Crippen LogP contribution in [0.4, 0.5) is 0 Å². The molecule has 0 unspecified atom stereocenters. The van der Waals surface area contributed by atoms with Crippen LogP contribution in [0.2, 0.25) is 0 Å². The summed E-state index contributed by atoms with van der Waals surface area (Å²) >= 11 is 0. The van der Waals surface area contributed by atoms with E-state index in [0.29, 0.717) is 46.5 Å². The first-order valence-electron chi connectivity index (χ1n) is 48.8. The van der Waals surface area contributed by atoms with Crippen molar-refractivity contribution >= 4 is 120 Å². The lowest BCUT2D eigenvalue weighted by molar-refractivity contribution is 0.982. The average Bonchev–Trinajstić information content (AvgIpc) is 1.55. The fraction of sp³-hybridized carbons (Fsp3) is 0. The highest BCUT2D eigenvalue weighted by Crippen LogP contribution is 2.47. The van der Waals surface area contributed by atoms with Gasteiger partial charge in [-0.1, -0.05) is 358 Å². The van der Waals surface area contributed by atoms with E-state index in [4.69, 9.17) is 49.8 Å². The molecule has 0 fully saturated rings. The predicted octanol–water partition coefficient (Wildman–Crippen LogP) is 31.4. The van der Waals surface area contributed by atoms with Gasteiger partial charge in [-0.05, 0) is 145 Å². The number of para-hydroxylation sites is 9. The van der Waals surface area contributed by atoms with Crippen LogP contribution in [0.1, 0.15) is 0 Å².